The van der Waals surface area contributed by atoms with Gasteiger partial charge in [0, 0.05) is 15.8 Å². The molecule has 0 aromatic heterocycles. The van der Waals surface area contributed by atoms with E-state index < -0.39 is 0 Å². The molecule has 6 atom stereocenters. The predicted octanol–water partition coefficient (Wildman–Crippen LogP) is 5.50. The number of hydrogen-bond donors (Lipinski definition) is 0. The van der Waals surface area contributed by atoms with Crippen LogP contribution in [-0.2, 0) is 9.47 Å². The topological polar surface area (TPSA) is 18.5 Å². The average Bonchev–Trinajstić information content (AvgIpc) is 3.15. The van der Waals surface area contributed by atoms with E-state index in [1.807, 2.05) is 0 Å². The normalized spacial score (nSPS) is 52.5. The third-order valence-corrected chi connectivity index (χ3v) is 9.90. The van der Waals surface area contributed by atoms with Crippen molar-refractivity contribution in [2.24, 2.45) is 28.6 Å². The average molecular weight is 442 g/mol. The molecule has 5 aliphatic rings. The van der Waals surface area contributed by atoms with E-state index in [2.05, 4.69) is 42.5 Å². The number of halogens is 1. The highest BCUT2D eigenvalue weighted by molar-refractivity contribution is 14.1. The lowest BCUT2D eigenvalue weighted by molar-refractivity contribution is -0.242. The van der Waals surface area contributed by atoms with Gasteiger partial charge in [-0.15, -0.1) is 0 Å². The van der Waals surface area contributed by atoms with Gasteiger partial charge in [0.2, 0.25) is 0 Å². The van der Waals surface area contributed by atoms with Crippen LogP contribution in [0.1, 0.15) is 65.2 Å². The summed E-state index contributed by atoms with van der Waals surface area (Å²) in [5.41, 5.74) is 2.53. The zero-order valence-corrected chi connectivity index (χ0v) is 17.3. The summed E-state index contributed by atoms with van der Waals surface area (Å²) in [4.78, 5) is 0. The number of hydrogen-bond acceptors (Lipinski definition) is 2. The highest BCUT2D eigenvalue weighted by Crippen LogP contribution is 2.68. The molecule has 3 saturated carbocycles. The van der Waals surface area contributed by atoms with Gasteiger partial charge in [-0.3, -0.25) is 0 Å². The van der Waals surface area contributed by atoms with Crippen molar-refractivity contribution < 1.29 is 9.47 Å². The minimum atomic E-state index is -0.243. The first-order valence-corrected chi connectivity index (χ1v) is 11.3. The fourth-order valence-electron chi connectivity index (χ4n) is 7.50. The number of alkyl halides is 1. The van der Waals surface area contributed by atoms with Crippen LogP contribution in [0.5, 0.6) is 0 Å². The summed E-state index contributed by atoms with van der Waals surface area (Å²) in [5.74, 6) is 2.31. The summed E-state index contributed by atoms with van der Waals surface area (Å²) in [5, 5.41) is 0. The minimum absolute atomic E-state index is 0.243. The molecule has 1 saturated heterocycles. The van der Waals surface area contributed by atoms with Gasteiger partial charge >= 0.3 is 0 Å². The van der Waals surface area contributed by atoms with Crippen LogP contribution in [0.25, 0.3) is 0 Å². The Labute approximate surface area is 160 Å². The molecule has 0 aromatic carbocycles. The Morgan fingerprint density at radius 3 is 2.54 bits per heavy atom. The lowest BCUT2D eigenvalue weighted by atomic mass is 9.48. The first-order valence-electron chi connectivity index (χ1n) is 10.1. The van der Waals surface area contributed by atoms with E-state index in [-0.39, 0.29) is 11.2 Å². The third kappa shape index (κ3) is 2.01. The van der Waals surface area contributed by atoms with Gasteiger partial charge in [0.05, 0.1) is 13.2 Å². The first-order chi connectivity index (χ1) is 11.5. The van der Waals surface area contributed by atoms with Crippen molar-refractivity contribution >= 4 is 22.6 Å². The SMILES string of the molecule is C[C@]12CC[C@H](I)CC1=CC[C@@H]1[C@@H]2CC[C@@]2(C)[C@H]1CCC21OCCO1. The van der Waals surface area contributed by atoms with Gasteiger partial charge in [0.1, 0.15) is 0 Å². The quantitative estimate of drug-likeness (QED) is 0.280. The number of ether oxygens (including phenoxy) is 2. The smallest absolute Gasteiger partial charge is 0.174 e. The molecule has 0 unspecified atom stereocenters. The van der Waals surface area contributed by atoms with Gasteiger partial charge in [-0.05, 0) is 68.1 Å². The minimum Gasteiger partial charge on any atom is -0.347 e. The van der Waals surface area contributed by atoms with Gasteiger partial charge in [-0.1, -0.05) is 48.1 Å². The zero-order valence-electron chi connectivity index (χ0n) is 15.2. The second-order valence-corrected chi connectivity index (χ2v) is 11.3. The summed E-state index contributed by atoms with van der Waals surface area (Å²) >= 11 is 2.67. The van der Waals surface area contributed by atoms with Crippen molar-refractivity contribution in [1.29, 1.82) is 0 Å². The Hall–Kier alpha value is 0.390. The fraction of sp³-hybridized carbons (Fsp3) is 0.905. The van der Waals surface area contributed by atoms with Gasteiger partial charge in [-0.25, -0.2) is 0 Å². The molecular weight excluding hydrogens is 411 g/mol. The molecule has 0 aromatic rings. The van der Waals surface area contributed by atoms with Gasteiger partial charge < -0.3 is 9.47 Å². The molecule has 1 spiro atoms. The first kappa shape index (κ1) is 16.6. The molecule has 4 fully saturated rings. The van der Waals surface area contributed by atoms with Crippen LogP contribution in [0.2, 0.25) is 0 Å². The van der Waals surface area contributed by atoms with Crippen LogP contribution in [-0.4, -0.2) is 22.9 Å². The summed E-state index contributed by atoms with van der Waals surface area (Å²) in [6.07, 6.45) is 13.3. The van der Waals surface area contributed by atoms with Crippen molar-refractivity contribution in [2.75, 3.05) is 13.2 Å². The Kier molecular flexibility index (Phi) is 3.76. The standard InChI is InChI=1S/C21H31IO2/c1-19-8-5-15(22)13-14(19)3-4-16-17(19)6-9-20(2)18(16)7-10-21(20)23-11-12-24-21/h3,15-18H,4-13H2,1-2H3/t15-,16+,17-,18-,19-,20-/m0/s1. The molecular formula is C21H31IO2. The summed E-state index contributed by atoms with van der Waals surface area (Å²) in [7, 11) is 0. The van der Waals surface area contributed by atoms with E-state index >= 15 is 0 Å². The Balaban J connectivity index is 1.49. The molecule has 0 radical (unpaired) electrons. The molecule has 2 nitrogen and oxygen atoms in total. The van der Waals surface area contributed by atoms with Crippen molar-refractivity contribution in [1.82, 2.24) is 0 Å². The summed E-state index contributed by atoms with van der Waals surface area (Å²) < 4.78 is 13.4. The molecule has 4 aliphatic carbocycles. The van der Waals surface area contributed by atoms with Crippen molar-refractivity contribution in [2.45, 2.75) is 74.9 Å². The van der Waals surface area contributed by atoms with Crippen molar-refractivity contribution in [3.8, 4) is 0 Å². The number of rotatable bonds is 0. The van der Waals surface area contributed by atoms with Gasteiger partial charge in [0.15, 0.2) is 5.79 Å². The summed E-state index contributed by atoms with van der Waals surface area (Å²) in [6.45, 7) is 6.70. The molecule has 24 heavy (non-hydrogen) atoms. The maximum atomic E-state index is 6.26. The molecule has 1 aliphatic heterocycles. The van der Waals surface area contributed by atoms with E-state index in [0.717, 1.165) is 41.3 Å². The molecule has 1 heterocycles. The lowest BCUT2D eigenvalue weighted by Crippen LogP contribution is -2.54. The highest BCUT2D eigenvalue weighted by atomic mass is 127. The molecule has 134 valence electrons. The van der Waals surface area contributed by atoms with Crippen LogP contribution in [0, 0.1) is 28.6 Å². The molecule has 0 amide bonds. The maximum absolute atomic E-state index is 6.26. The Bertz CT molecular complexity index is 566. The van der Waals surface area contributed by atoms with E-state index in [1.54, 1.807) is 5.57 Å². The molecule has 3 heteroatoms. The predicted molar refractivity (Wildman–Crippen MR) is 104 cm³/mol. The fourth-order valence-corrected chi connectivity index (χ4v) is 8.29. The molecule has 0 N–H and O–H groups in total. The summed E-state index contributed by atoms with van der Waals surface area (Å²) in [6, 6.07) is 0. The van der Waals surface area contributed by atoms with E-state index in [4.69, 9.17) is 9.47 Å². The lowest BCUT2D eigenvalue weighted by Gasteiger charge is -2.58. The van der Waals surface area contributed by atoms with Crippen molar-refractivity contribution in [3.05, 3.63) is 11.6 Å². The Morgan fingerprint density at radius 1 is 1.00 bits per heavy atom. The van der Waals surface area contributed by atoms with Crippen LogP contribution in [0.4, 0.5) is 0 Å². The van der Waals surface area contributed by atoms with Gasteiger partial charge in [-0.2, -0.15) is 0 Å². The van der Waals surface area contributed by atoms with E-state index in [1.165, 1.54) is 44.9 Å². The largest absolute Gasteiger partial charge is 0.347 e. The maximum Gasteiger partial charge on any atom is 0.174 e. The molecule has 0 bridgehead atoms. The second kappa shape index (κ2) is 5.45. The van der Waals surface area contributed by atoms with E-state index in [0.29, 0.717) is 5.41 Å². The monoisotopic (exact) mass is 442 g/mol. The van der Waals surface area contributed by atoms with Crippen LogP contribution in [0.15, 0.2) is 11.6 Å². The zero-order chi connectivity index (χ0) is 16.6. The number of fused-ring (bicyclic) bond motifs is 6. The third-order valence-electron chi connectivity index (χ3n) is 8.84. The molecule has 5 rings (SSSR count). The van der Waals surface area contributed by atoms with Gasteiger partial charge in [0.25, 0.3) is 0 Å². The van der Waals surface area contributed by atoms with Crippen LogP contribution < -0.4 is 0 Å². The van der Waals surface area contributed by atoms with Crippen LogP contribution in [0.3, 0.4) is 0 Å². The van der Waals surface area contributed by atoms with Crippen molar-refractivity contribution in [3.63, 3.8) is 0 Å². The second-order valence-electron chi connectivity index (χ2n) is 9.54. The van der Waals surface area contributed by atoms with E-state index in [9.17, 15) is 0 Å². The van der Waals surface area contributed by atoms with Crippen LogP contribution >= 0.6 is 22.6 Å². The number of allylic oxidation sites excluding steroid dienone is 2. The Morgan fingerprint density at radius 2 is 1.75 bits per heavy atom. The highest BCUT2D eigenvalue weighted by Gasteiger charge is 2.66.